The molecule has 0 saturated carbocycles. The Bertz CT molecular complexity index is 565. The van der Waals surface area contributed by atoms with E-state index in [-0.39, 0.29) is 18.3 Å². The van der Waals surface area contributed by atoms with Crippen molar-refractivity contribution in [2.24, 2.45) is 0 Å². The summed E-state index contributed by atoms with van der Waals surface area (Å²) < 4.78 is 17.1. The molecule has 1 heterocycles. The van der Waals surface area contributed by atoms with Crippen molar-refractivity contribution < 1.29 is 19.0 Å². The highest BCUT2D eigenvalue weighted by Gasteiger charge is 2.26. The van der Waals surface area contributed by atoms with E-state index in [0.717, 1.165) is 36.4 Å². The SMILES string of the molecule is CCCOc1ccc(CN(CCC)C(=O)C2CNCCO2)cc1OCC.Cl. The lowest BCUT2D eigenvalue weighted by Crippen LogP contribution is -2.49. The van der Waals surface area contributed by atoms with Gasteiger partial charge in [0.25, 0.3) is 5.91 Å². The molecule has 1 fully saturated rings. The molecule has 0 aromatic heterocycles. The third kappa shape index (κ3) is 7.20. The predicted octanol–water partition coefficient (Wildman–Crippen LogP) is 3.02. The maximum absolute atomic E-state index is 12.8. The van der Waals surface area contributed by atoms with Crippen molar-refractivity contribution in [3.05, 3.63) is 23.8 Å². The molecular weight excluding hydrogens is 368 g/mol. The minimum atomic E-state index is -0.395. The summed E-state index contributed by atoms with van der Waals surface area (Å²) in [6.07, 6.45) is 1.46. The van der Waals surface area contributed by atoms with Crippen LogP contribution in [0.25, 0.3) is 0 Å². The molecule has 1 unspecified atom stereocenters. The van der Waals surface area contributed by atoms with Gasteiger partial charge in [-0.05, 0) is 37.5 Å². The van der Waals surface area contributed by atoms with Crippen molar-refractivity contribution in [2.75, 3.05) is 39.5 Å². The quantitative estimate of drug-likeness (QED) is 0.654. The Morgan fingerprint density at radius 3 is 2.67 bits per heavy atom. The van der Waals surface area contributed by atoms with E-state index in [9.17, 15) is 4.79 Å². The summed E-state index contributed by atoms with van der Waals surface area (Å²) in [7, 11) is 0. The third-order valence-electron chi connectivity index (χ3n) is 4.15. The van der Waals surface area contributed by atoms with E-state index in [2.05, 4.69) is 19.2 Å². The van der Waals surface area contributed by atoms with Gasteiger partial charge in [-0.15, -0.1) is 12.4 Å². The van der Waals surface area contributed by atoms with Gasteiger partial charge >= 0.3 is 0 Å². The van der Waals surface area contributed by atoms with Gasteiger partial charge in [0.2, 0.25) is 0 Å². The topological polar surface area (TPSA) is 60.0 Å². The number of nitrogens with zero attached hydrogens (tertiary/aromatic N) is 1. The first kappa shape index (κ1) is 23.5. The molecule has 1 aliphatic heterocycles. The van der Waals surface area contributed by atoms with Crippen LogP contribution in [0.2, 0.25) is 0 Å². The van der Waals surface area contributed by atoms with E-state index in [1.807, 2.05) is 30.0 Å². The molecule has 0 spiro atoms. The third-order valence-corrected chi connectivity index (χ3v) is 4.15. The summed E-state index contributed by atoms with van der Waals surface area (Å²) in [6.45, 7) is 10.5. The number of amides is 1. The van der Waals surface area contributed by atoms with Gasteiger partial charge in [-0.3, -0.25) is 4.79 Å². The lowest BCUT2D eigenvalue weighted by molar-refractivity contribution is -0.145. The number of carbonyl (C=O) groups is 1. The number of carbonyl (C=O) groups excluding carboxylic acids is 1. The zero-order chi connectivity index (χ0) is 18.8. The van der Waals surface area contributed by atoms with Gasteiger partial charge in [0.15, 0.2) is 11.5 Å². The Labute approximate surface area is 168 Å². The molecule has 27 heavy (non-hydrogen) atoms. The highest BCUT2D eigenvalue weighted by molar-refractivity contribution is 5.85. The molecule has 2 rings (SSSR count). The Morgan fingerprint density at radius 1 is 1.22 bits per heavy atom. The number of morpholine rings is 1. The molecule has 1 atom stereocenters. The largest absolute Gasteiger partial charge is 0.490 e. The molecule has 1 N–H and O–H groups in total. The van der Waals surface area contributed by atoms with Crippen LogP contribution in [0.1, 0.15) is 39.2 Å². The smallest absolute Gasteiger partial charge is 0.253 e. The highest BCUT2D eigenvalue weighted by Crippen LogP contribution is 2.29. The van der Waals surface area contributed by atoms with Gasteiger partial charge in [-0.25, -0.2) is 0 Å². The fourth-order valence-corrected chi connectivity index (χ4v) is 2.94. The number of hydrogen-bond donors (Lipinski definition) is 1. The maximum atomic E-state index is 12.8. The van der Waals surface area contributed by atoms with E-state index in [1.54, 1.807) is 0 Å². The first-order chi connectivity index (χ1) is 12.7. The van der Waals surface area contributed by atoms with Crippen molar-refractivity contribution in [3.8, 4) is 11.5 Å². The predicted molar refractivity (Wildman–Crippen MR) is 109 cm³/mol. The molecule has 154 valence electrons. The molecule has 1 amide bonds. The molecule has 1 saturated heterocycles. The molecule has 6 nitrogen and oxygen atoms in total. The first-order valence-corrected chi connectivity index (χ1v) is 9.69. The van der Waals surface area contributed by atoms with Crippen molar-refractivity contribution in [1.29, 1.82) is 0 Å². The molecule has 0 bridgehead atoms. The van der Waals surface area contributed by atoms with Crippen LogP contribution >= 0.6 is 12.4 Å². The van der Waals surface area contributed by atoms with Crippen LogP contribution in [0, 0.1) is 0 Å². The maximum Gasteiger partial charge on any atom is 0.253 e. The number of ether oxygens (including phenoxy) is 3. The van der Waals surface area contributed by atoms with E-state index in [1.165, 1.54) is 0 Å². The van der Waals surface area contributed by atoms with Crippen molar-refractivity contribution in [1.82, 2.24) is 10.2 Å². The molecule has 1 aromatic carbocycles. The number of rotatable bonds is 10. The van der Waals surface area contributed by atoms with Crippen LogP contribution in [0.5, 0.6) is 11.5 Å². The van der Waals surface area contributed by atoms with Gasteiger partial charge in [0.1, 0.15) is 6.10 Å². The fourth-order valence-electron chi connectivity index (χ4n) is 2.94. The minimum absolute atomic E-state index is 0. The second-order valence-electron chi connectivity index (χ2n) is 6.39. The van der Waals surface area contributed by atoms with E-state index in [0.29, 0.717) is 39.5 Å². The van der Waals surface area contributed by atoms with Crippen LogP contribution in [-0.2, 0) is 16.1 Å². The second-order valence-corrected chi connectivity index (χ2v) is 6.39. The first-order valence-electron chi connectivity index (χ1n) is 9.69. The summed E-state index contributed by atoms with van der Waals surface area (Å²) in [5.74, 6) is 1.53. The number of nitrogens with one attached hydrogen (secondary N) is 1. The zero-order valence-corrected chi connectivity index (χ0v) is 17.5. The second kappa shape index (κ2) is 12.8. The summed E-state index contributed by atoms with van der Waals surface area (Å²) in [5.41, 5.74) is 1.03. The standard InChI is InChI=1S/C20H32N2O4.ClH/c1-4-10-22(20(23)19-14-21-9-12-26-19)15-16-7-8-17(25-11-5-2)18(13-16)24-6-3;/h7-8,13,19,21H,4-6,9-12,14-15H2,1-3H3;1H. The van der Waals surface area contributed by atoms with Gasteiger partial charge in [0, 0.05) is 26.2 Å². The van der Waals surface area contributed by atoms with E-state index < -0.39 is 6.10 Å². The zero-order valence-electron chi connectivity index (χ0n) is 16.7. The minimum Gasteiger partial charge on any atom is -0.490 e. The monoisotopic (exact) mass is 400 g/mol. The molecule has 7 heteroatoms. The number of halogens is 1. The van der Waals surface area contributed by atoms with Crippen molar-refractivity contribution >= 4 is 18.3 Å². The average Bonchev–Trinajstić information content (AvgIpc) is 2.67. The summed E-state index contributed by atoms with van der Waals surface area (Å²) >= 11 is 0. The Morgan fingerprint density at radius 2 is 2.04 bits per heavy atom. The lowest BCUT2D eigenvalue weighted by atomic mass is 10.1. The van der Waals surface area contributed by atoms with Crippen LogP contribution in [0.4, 0.5) is 0 Å². The van der Waals surface area contributed by atoms with Crippen molar-refractivity contribution in [2.45, 2.75) is 46.3 Å². The van der Waals surface area contributed by atoms with Crippen molar-refractivity contribution in [3.63, 3.8) is 0 Å². The van der Waals surface area contributed by atoms with Crippen LogP contribution < -0.4 is 14.8 Å². The van der Waals surface area contributed by atoms with Gasteiger partial charge in [-0.1, -0.05) is 19.9 Å². The molecular formula is C20H33ClN2O4. The Hall–Kier alpha value is -1.50. The number of benzene rings is 1. The Balaban J connectivity index is 0.00000364. The lowest BCUT2D eigenvalue weighted by Gasteiger charge is -2.30. The number of hydrogen-bond acceptors (Lipinski definition) is 5. The van der Waals surface area contributed by atoms with Crippen LogP contribution in [0.3, 0.4) is 0 Å². The summed E-state index contributed by atoms with van der Waals surface area (Å²) in [5, 5.41) is 3.22. The molecule has 0 aliphatic carbocycles. The summed E-state index contributed by atoms with van der Waals surface area (Å²) in [4.78, 5) is 14.7. The average molecular weight is 401 g/mol. The van der Waals surface area contributed by atoms with Crippen LogP contribution in [0.15, 0.2) is 18.2 Å². The fraction of sp³-hybridized carbons (Fsp3) is 0.650. The van der Waals surface area contributed by atoms with E-state index >= 15 is 0 Å². The summed E-state index contributed by atoms with van der Waals surface area (Å²) in [6, 6.07) is 5.91. The van der Waals surface area contributed by atoms with Gasteiger partial charge < -0.3 is 24.4 Å². The molecule has 1 aliphatic rings. The molecule has 1 aromatic rings. The normalized spacial score (nSPS) is 16.3. The Kier molecular flexibility index (Phi) is 11.2. The molecule has 0 radical (unpaired) electrons. The highest BCUT2D eigenvalue weighted by atomic mass is 35.5. The van der Waals surface area contributed by atoms with E-state index in [4.69, 9.17) is 14.2 Å². The van der Waals surface area contributed by atoms with Gasteiger partial charge in [0.05, 0.1) is 19.8 Å². The van der Waals surface area contributed by atoms with Gasteiger partial charge in [-0.2, -0.15) is 0 Å². The van der Waals surface area contributed by atoms with Crippen LogP contribution in [-0.4, -0.2) is 56.4 Å².